The molecule has 0 aliphatic carbocycles. The molecular weight excluding hydrogens is 893 g/mol. The molecule has 1 aromatic carbocycles. The SMILES string of the molecule is C#CC#CC#CC#CC#CC#CC#CC#CC#CC#CC.COc1ccc(Cn2c(=O)n3ncnc3c3cc(N4CCN(S(C)(=O)=O)CC4)cnc32)cc1.N=N/N=N/N=N/N(OO)OOS.[HH].[HH].[HH].[HH].[HH].[HH].[HH].[HH].[HH]. The number of pyridine rings is 1. The molecule has 1 fully saturated rings. The lowest BCUT2D eigenvalue weighted by Gasteiger charge is -2.34. The maximum Gasteiger partial charge on any atom is 0.352 e. The van der Waals surface area contributed by atoms with Crippen molar-refractivity contribution in [3.63, 3.8) is 0 Å². The molecule has 1 aliphatic rings. The topological polar surface area (TPSA) is 252 Å². The molecule has 4 aromatic rings. The first-order valence-corrected chi connectivity index (χ1v) is 20.0. The number of rotatable bonds is 11. The van der Waals surface area contributed by atoms with E-state index in [1.165, 1.54) is 21.4 Å². The lowest BCUT2D eigenvalue weighted by Crippen LogP contribution is -2.48. The number of fused-ring (bicyclic) bond motifs is 3. The first kappa shape index (κ1) is 51.2. The molecule has 4 heterocycles. The van der Waals surface area contributed by atoms with Crippen LogP contribution in [0.5, 0.6) is 5.75 Å². The van der Waals surface area contributed by atoms with Gasteiger partial charge in [0.2, 0.25) is 10.0 Å². The molecule has 0 unspecified atom stereocenters. The van der Waals surface area contributed by atoms with E-state index in [1.54, 1.807) is 24.8 Å². The number of sulfonamides is 1. The van der Waals surface area contributed by atoms with Crippen LogP contribution in [-0.4, -0.2) is 87.0 Å². The predicted molar refractivity (Wildman–Crippen MR) is 258 cm³/mol. The van der Waals surface area contributed by atoms with Gasteiger partial charge in [-0.25, -0.2) is 28.4 Å². The van der Waals surface area contributed by atoms with Gasteiger partial charge >= 0.3 is 5.69 Å². The number of anilines is 1. The van der Waals surface area contributed by atoms with E-state index in [1.807, 2.05) is 30.3 Å². The van der Waals surface area contributed by atoms with Crippen molar-refractivity contribution < 1.29 is 45.6 Å². The summed E-state index contributed by atoms with van der Waals surface area (Å²) in [5.41, 5.74) is 8.49. The zero-order valence-corrected chi connectivity index (χ0v) is 36.3. The second kappa shape index (κ2) is 29.2. The summed E-state index contributed by atoms with van der Waals surface area (Å²) in [6, 6.07) is 9.43. The molecule has 3 aromatic heterocycles. The Labute approximate surface area is 397 Å². The second-order valence-corrected chi connectivity index (χ2v) is 13.5. The lowest BCUT2D eigenvalue weighted by molar-refractivity contribution is -0.572. The largest absolute Gasteiger partial charge is 0.497 e. The molecule has 0 saturated carbocycles. The Morgan fingerprint density at radius 1 is 0.864 bits per heavy atom. The monoisotopic (exact) mass is 940 g/mol. The summed E-state index contributed by atoms with van der Waals surface area (Å²) in [6.45, 7) is 3.93. The van der Waals surface area contributed by atoms with Crippen LogP contribution >= 0.6 is 12.9 Å². The van der Waals surface area contributed by atoms with Crippen molar-refractivity contribution in [3.05, 3.63) is 58.9 Å². The zero-order valence-electron chi connectivity index (χ0n) is 34.6. The van der Waals surface area contributed by atoms with Crippen LogP contribution in [0, 0.1) is 124 Å². The average molecular weight is 941 g/mol. The number of hydrogen-bond donors (Lipinski definition) is 3. The molecule has 0 amide bonds. The van der Waals surface area contributed by atoms with Crippen LogP contribution in [0.2, 0.25) is 0 Å². The zero-order chi connectivity index (χ0) is 47.8. The molecule has 24 heteroatoms. The second-order valence-electron chi connectivity index (χ2n) is 11.4. The molecule has 0 spiro atoms. The summed E-state index contributed by atoms with van der Waals surface area (Å²) in [5, 5.41) is 26.4. The molecule has 5 rings (SSSR count). The third kappa shape index (κ3) is 17.7. The van der Waals surface area contributed by atoms with E-state index < -0.39 is 10.0 Å². The number of nitrogens with zero attached hydrogens (tertiary/aromatic N) is 13. The molecule has 1 saturated heterocycles. The van der Waals surface area contributed by atoms with E-state index in [-0.39, 0.29) is 23.9 Å². The predicted octanol–water partition coefficient (Wildman–Crippen LogP) is 4.54. The highest BCUT2D eigenvalue weighted by atomic mass is 32.2. The Balaban J connectivity index is -0.000000194. The fraction of sp³-hybridized carbons (Fsp3) is 0.190. The first-order chi connectivity index (χ1) is 32.1. The quantitative estimate of drug-likeness (QED) is 0.0467. The van der Waals surface area contributed by atoms with Gasteiger partial charge in [-0.2, -0.15) is 19.5 Å². The Morgan fingerprint density at radius 3 is 1.94 bits per heavy atom. The third-order valence-electron chi connectivity index (χ3n) is 7.48. The van der Waals surface area contributed by atoms with Crippen molar-refractivity contribution in [2.45, 2.75) is 13.5 Å². The average Bonchev–Trinajstić information content (AvgIpc) is 3.84. The highest BCUT2D eigenvalue weighted by Crippen LogP contribution is 2.24. The molecule has 346 valence electrons. The van der Waals surface area contributed by atoms with Gasteiger partial charge in [0.25, 0.3) is 0 Å². The van der Waals surface area contributed by atoms with E-state index in [0.29, 0.717) is 49.4 Å². The van der Waals surface area contributed by atoms with Crippen LogP contribution in [0.3, 0.4) is 0 Å². The Bertz CT molecular complexity index is 3290. The van der Waals surface area contributed by atoms with Crippen molar-refractivity contribution in [2.24, 2.45) is 26.1 Å². The van der Waals surface area contributed by atoms with E-state index in [4.69, 9.17) is 21.9 Å². The van der Waals surface area contributed by atoms with Crippen LogP contribution in [0.1, 0.15) is 25.3 Å². The molecule has 0 radical (unpaired) electrons. The minimum absolute atomic E-state index is 0. The van der Waals surface area contributed by atoms with Crippen LogP contribution in [0.4, 0.5) is 5.69 Å². The van der Waals surface area contributed by atoms with E-state index in [2.05, 4.69) is 186 Å². The van der Waals surface area contributed by atoms with Gasteiger partial charge in [-0.3, -0.25) is 4.57 Å². The van der Waals surface area contributed by atoms with Crippen molar-refractivity contribution in [1.82, 2.24) is 33.8 Å². The highest BCUT2D eigenvalue weighted by molar-refractivity contribution is 7.88. The highest BCUT2D eigenvalue weighted by Gasteiger charge is 2.24. The third-order valence-corrected chi connectivity index (χ3v) is 8.85. The summed E-state index contributed by atoms with van der Waals surface area (Å²) in [4.78, 5) is 31.4. The summed E-state index contributed by atoms with van der Waals surface area (Å²) in [6.07, 6.45) is 9.20. The summed E-state index contributed by atoms with van der Waals surface area (Å²) in [5.74, 6) is 47.6. The number of thiol groups is 1. The normalized spacial score (nSPS) is 10.9. The van der Waals surface area contributed by atoms with E-state index in [9.17, 15) is 13.2 Å². The van der Waals surface area contributed by atoms with Crippen LogP contribution < -0.4 is 15.3 Å². The van der Waals surface area contributed by atoms with Gasteiger partial charge in [0.15, 0.2) is 5.65 Å². The standard InChI is InChI=1S/C21H23N7O4S.C21H4.H3N7O4S.9H2/c1-32-17-5-3-15(4-6-17)13-27-19-18(20-23-14-24-28(20)21(27)29)11-16(12-22-19)25-7-9-26(10-8-25)33(2,30)31;1-3-5-7-9-11-13-15-17-19-21-20-18-16-14-12-10-8-6-4-2;1-2-3-4-5-6-7(9-8)10-11-12;;;;;;;;;/h3-6,11-12,14H,7-10,13H2,1-2H3;1H,2H3;1,8,12H;9*1H/b;;2-1?,4-3+,6-5+;;;;;;;;;. The number of hydrogen-bond acceptors (Lipinski definition) is 15. The van der Waals surface area contributed by atoms with Crippen molar-refractivity contribution in [3.8, 4) is 125 Å². The Kier molecular flexibility index (Phi) is 22.7. The summed E-state index contributed by atoms with van der Waals surface area (Å²) >= 11 is 3.12. The van der Waals surface area contributed by atoms with Crippen molar-refractivity contribution in [1.29, 1.82) is 5.53 Å². The van der Waals surface area contributed by atoms with Crippen LogP contribution in [0.25, 0.3) is 16.7 Å². The van der Waals surface area contributed by atoms with Crippen LogP contribution in [-0.2, 0) is 30.9 Å². The van der Waals surface area contributed by atoms with Gasteiger partial charge < -0.3 is 9.64 Å². The minimum Gasteiger partial charge on any atom is -0.497 e. The fourth-order valence-electron chi connectivity index (χ4n) is 4.83. The van der Waals surface area contributed by atoms with Gasteiger partial charge in [0.1, 0.15) is 17.7 Å². The minimum atomic E-state index is -3.21. The first-order valence-electron chi connectivity index (χ1n) is 17.8. The fourth-order valence-corrected chi connectivity index (χ4v) is 5.72. The Hall–Kier alpha value is -9.12. The number of aromatic nitrogens is 5. The molecular formula is C42H48N14O8S2. The van der Waals surface area contributed by atoms with Gasteiger partial charge in [-0.1, -0.05) is 23.0 Å². The maximum absolute atomic E-state index is 13.1. The molecule has 22 nitrogen and oxygen atoms in total. The number of terminal acetylenes is 1. The van der Waals surface area contributed by atoms with E-state index in [0.717, 1.165) is 17.0 Å². The number of benzene rings is 1. The van der Waals surface area contributed by atoms with Gasteiger partial charge in [0.05, 0.1) is 42.5 Å². The molecule has 0 bridgehead atoms. The lowest BCUT2D eigenvalue weighted by atomic mass is 10.2. The molecule has 2 N–H and O–H groups in total. The van der Waals surface area contributed by atoms with Gasteiger partial charge in [0, 0.05) is 74.2 Å². The number of methoxy groups -OCH3 is 1. The molecule has 1 aliphatic heterocycles. The van der Waals surface area contributed by atoms with Crippen LogP contribution in [0.15, 0.2) is 73.8 Å². The number of nitrogens with one attached hydrogen (secondary N) is 1. The molecule has 0 atom stereocenters. The summed E-state index contributed by atoms with van der Waals surface area (Å²) < 4.78 is 36.9. The van der Waals surface area contributed by atoms with Crippen molar-refractivity contribution >= 4 is 45.3 Å². The maximum atomic E-state index is 13.1. The number of piperazine rings is 1. The Morgan fingerprint density at radius 2 is 1.44 bits per heavy atom. The smallest absolute Gasteiger partial charge is 0.352 e. The number of ether oxygens (including phenoxy) is 1. The van der Waals surface area contributed by atoms with Gasteiger partial charge in [-0.05, 0) is 146 Å². The van der Waals surface area contributed by atoms with Crippen molar-refractivity contribution in [2.75, 3.05) is 44.4 Å². The van der Waals surface area contributed by atoms with Gasteiger partial charge in [-0.15, -0.1) is 10.8 Å². The summed E-state index contributed by atoms with van der Waals surface area (Å²) in [7, 11) is -1.60. The molecule has 66 heavy (non-hydrogen) atoms. The van der Waals surface area contributed by atoms with E-state index >= 15 is 0 Å².